The third kappa shape index (κ3) is 5.99. The predicted octanol–water partition coefficient (Wildman–Crippen LogP) is 5.28. The van der Waals surface area contributed by atoms with Crippen molar-refractivity contribution >= 4 is 11.6 Å². The second-order valence-corrected chi connectivity index (χ2v) is 11.0. The van der Waals surface area contributed by atoms with E-state index >= 15 is 4.39 Å². The first-order valence-electron chi connectivity index (χ1n) is 13.8. The van der Waals surface area contributed by atoms with Crippen LogP contribution in [-0.4, -0.2) is 62.2 Å². The zero-order valence-electron chi connectivity index (χ0n) is 23.6. The molecule has 2 aromatic carbocycles. The smallest absolute Gasteiger partial charge is 0.416 e. The maximum Gasteiger partial charge on any atom is 0.416 e. The molecular formula is C31H30F5N5O2. The van der Waals surface area contributed by atoms with E-state index in [0.29, 0.717) is 17.8 Å². The molecule has 2 fully saturated rings. The Kier molecular flexibility index (Phi) is 8.29. The van der Waals surface area contributed by atoms with E-state index in [9.17, 15) is 27.6 Å². The Balaban J connectivity index is 1.48. The highest BCUT2D eigenvalue weighted by molar-refractivity contribution is 5.89. The largest absolute Gasteiger partial charge is 0.496 e. The van der Waals surface area contributed by atoms with Crippen LogP contribution >= 0.6 is 0 Å². The second kappa shape index (κ2) is 11.8. The number of carbonyl (C=O) groups excluding carboxylic acids is 1. The highest BCUT2D eigenvalue weighted by Crippen LogP contribution is 2.41. The van der Waals surface area contributed by atoms with E-state index in [1.807, 2.05) is 13.1 Å². The van der Waals surface area contributed by atoms with Crippen LogP contribution in [0.1, 0.15) is 36.0 Å². The van der Waals surface area contributed by atoms with Gasteiger partial charge in [0.2, 0.25) is 5.91 Å². The number of amides is 1. The number of ether oxygens (including phenoxy) is 1. The van der Waals surface area contributed by atoms with Crippen molar-refractivity contribution in [2.75, 3.05) is 45.2 Å². The number of carbonyl (C=O) groups is 1. The van der Waals surface area contributed by atoms with Crippen LogP contribution in [0.25, 0.3) is 11.3 Å². The number of nitrogens with one attached hydrogen (secondary N) is 1. The third-order valence-electron chi connectivity index (χ3n) is 8.37. The molecule has 0 saturated carbocycles. The van der Waals surface area contributed by atoms with E-state index in [-0.39, 0.29) is 60.5 Å². The fourth-order valence-corrected chi connectivity index (χ4v) is 5.99. The molecule has 3 heterocycles. The number of halogens is 5. The Morgan fingerprint density at radius 1 is 1.12 bits per heavy atom. The number of nitrogens with zero attached hydrogens (tertiary/aromatic N) is 4. The number of likely N-dealkylation sites (N-methyl/N-ethyl adjacent to an activating group) is 1. The van der Waals surface area contributed by atoms with Gasteiger partial charge in [0, 0.05) is 37.4 Å². The van der Waals surface area contributed by atoms with Crippen LogP contribution in [0.4, 0.5) is 27.6 Å². The van der Waals surface area contributed by atoms with Gasteiger partial charge in [0.1, 0.15) is 29.1 Å². The highest BCUT2D eigenvalue weighted by Gasteiger charge is 2.45. The molecule has 12 heteroatoms. The molecule has 1 N–H and O–H groups in total. The van der Waals surface area contributed by atoms with E-state index in [0.717, 1.165) is 31.2 Å². The molecule has 0 spiro atoms. The zero-order valence-corrected chi connectivity index (χ0v) is 23.6. The lowest BCUT2D eigenvalue weighted by Gasteiger charge is -2.42. The summed E-state index contributed by atoms with van der Waals surface area (Å²) in [6.07, 6.45) is -2.04. The van der Waals surface area contributed by atoms with Crippen LogP contribution in [0.2, 0.25) is 0 Å². The first-order chi connectivity index (χ1) is 20.4. The van der Waals surface area contributed by atoms with Crippen molar-refractivity contribution in [3.63, 3.8) is 0 Å². The number of hydrogen-bond acceptors (Lipinski definition) is 6. The van der Waals surface area contributed by atoms with Crippen LogP contribution in [0.15, 0.2) is 48.7 Å². The monoisotopic (exact) mass is 599 g/mol. The normalized spacial score (nSPS) is 18.7. The minimum Gasteiger partial charge on any atom is -0.496 e. The van der Waals surface area contributed by atoms with Crippen LogP contribution in [-0.2, 0) is 16.4 Å². The van der Waals surface area contributed by atoms with Crippen molar-refractivity contribution in [3.05, 3.63) is 77.0 Å². The summed E-state index contributed by atoms with van der Waals surface area (Å²) in [7, 11) is 3.33. The number of nitriles is 1. The average Bonchev–Trinajstić information content (AvgIpc) is 3.40. The van der Waals surface area contributed by atoms with Crippen LogP contribution in [0.3, 0.4) is 0 Å². The molecule has 2 aliphatic rings. The maximum absolute atomic E-state index is 15.7. The lowest BCUT2D eigenvalue weighted by molar-refractivity contribution is -0.137. The summed E-state index contributed by atoms with van der Waals surface area (Å²) in [6, 6.07) is 9.70. The first kappa shape index (κ1) is 30.2. The van der Waals surface area contributed by atoms with Crippen LogP contribution in [0, 0.1) is 23.0 Å². The van der Waals surface area contributed by atoms with Gasteiger partial charge in [0.05, 0.1) is 29.3 Å². The van der Waals surface area contributed by atoms with Crippen LogP contribution in [0.5, 0.6) is 5.75 Å². The number of pyridine rings is 1. The summed E-state index contributed by atoms with van der Waals surface area (Å²) >= 11 is 0. The third-order valence-corrected chi connectivity index (χ3v) is 8.37. The lowest BCUT2D eigenvalue weighted by Crippen LogP contribution is -2.54. The molecule has 2 aliphatic heterocycles. The number of alkyl halides is 3. The molecule has 7 nitrogen and oxygen atoms in total. The van der Waals surface area contributed by atoms with Crippen molar-refractivity contribution < 1.29 is 31.5 Å². The van der Waals surface area contributed by atoms with Gasteiger partial charge in [-0.25, -0.2) is 8.78 Å². The van der Waals surface area contributed by atoms with Crippen molar-refractivity contribution in [3.8, 4) is 23.1 Å². The molecule has 0 bridgehead atoms. The molecule has 3 aromatic rings. The summed E-state index contributed by atoms with van der Waals surface area (Å²) in [4.78, 5) is 22.1. The summed E-state index contributed by atoms with van der Waals surface area (Å²) in [5, 5.41) is 12.7. The topological polar surface area (TPSA) is 81.5 Å². The SMILES string of the molecule is COc1ccc(F)cc1-c1ncc(C2(C(=O)N[C@H]3CCN(C)C3)CCN(c3ccc(C(F)(F)F)cc3C#N)CC2)cc1F. The number of hydrogen-bond donors (Lipinski definition) is 1. The summed E-state index contributed by atoms with van der Waals surface area (Å²) in [5.41, 5.74) is -1.58. The molecule has 0 unspecified atom stereocenters. The van der Waals surface area contributed by atoms with E-state index in [4.69, 9.17) is 4.74 Å². The Bertz CT molecular complexity index is 1560. The second-order valence-electron chi connectivity index (χ2n) is 11.0. The Hall–Kier alpha value is -4.24. The Morgan fingerprint density at radius 2 is 1.86 bits per heavy atom. The molecule has 43 heavy (non-hydrogen) atoms. The number of piperidine rings is 1. The molecule has 226 valence electrons. The van der Waals surface area contributed by atoms with Gasteiger partial charge in [-0.05, 0) is 80.9 Å². The van der Waals surface area contributed by atoms with E-state index < -0.39 is 28.8 Å². The quantitative estimate of drug-likeness (QED) is 0.389. The molecule has 2 saturated heterocycles. The summed E-state index contributed by atoms with van der Waals surface area (Å²) < 4.78 is 74.7. The first-order valence-corrected chi connectivity index (χ1v) is 13.8. The highest BCUT2D eigenvalue weighted by atomic mass is 19.4. The van der Waals surface area contributed by atoms with Gasteiger partial charge in [-0.2, -0.15) is 18.4 Å². The average molecular weight is 600 g/mol. The van der Waals surface area contributed by atoms with E-state index in [1.165, 1.54) is 37.6 Å². The van der Waals surface area contributed by atoms with Crippen molar-refractivity contribution in [1.29, 1.82) is 5.26 Å². The zero-order chi connectivity index (χ0) is 30.9. The van der Waals surface area contributed by atoms with Crippen molar-refractivity contribution in [1.82, 2.24) is 15.2 Å². The Morgan fingerprint density at radius 3 is 2.47 bits per heavy atom. The summed E-state index contributed by atoms with van der Waals surface area (Å²) in [5.74, 6) is -1.41. The van der Waals surface area contributed by atoms with Gasteiger partial charge in [0.15, 0.2) is 0 Å². The van der Waals surface area contributed by atoms with Gasteiger partial charge in [0.25, 0.3) is 0 Å². The fourth-order valence-electron chi connectivity index (χ4n) is 5.99. The molecule has 1 aromatic heterocycles. The lowest BCUT2D eigenvalue weighted by atomic mass is 9.72. The minimum absolute atomic E-state index is 0.0962. The molecule has 1 amide bonds. The van der Waals surface area contributed by atoms with Gasteiger partial charge in [-0.1, -0.05) is 0 Å². The van der Waals surface area contributed by atoms with Gasteiger partial charge < -0.3 is 19.9 Å². The van der Waals surface area contributed by atoms with Gasteiger partial charge in [-0.3, -0.25) is 9.78 Å². The van der Waals surface area contributed by atoms with E-state index in [2.05, 4.69) is 15.2 Å². The Labute approximate surface area is 245 Å². The fraction of sp³-hybridized carbons (Fsp3) is 0.387. The number of methoxy groups -OCH3 is 1. The van der Waals surface area contributed by atoms with Crippen LogP contribution < -0.4 is 15.0 Å². The van der Waals surface area contributed by atoms with E-state index in [1.54, 1.807) is 4.90 Å². The number of anilines is 1. The summed E-state index contributed by atoms with van der Waals surface area (Å²) in [6.45, 7) is 1.92. The van der Waals surface area contributed by atoms with Gasteiger partial charge in [-0.15, -0.1) is 0 Å². The maximum atomic E-state index is 15.7. The number of aromatic nitrogens is 1. The molecule has 1 atom stereocenters. The molecule has 0 radical (unpaired) electrons. The number of benzene rings is 2. The van der Waals surface area contributed by atoms with Gasteiger partial charge >= 0.3 is 6.18 Å². The standard InChI is InChI=1S/C31H30F5N5O2/c1-40-10-7-23(18-40)39-29(42)30(21-14-25(33)28(38-17-21)24-15-22(32)4-6-27(24)43-2)8-11-41(12-9-30)26-5-3-20(31(34,35)36)13-19(26)16-37/h3-6,13-15,17,23H,7-12,18H2,1-2H3,(H,39,42)/t23-/m0/s1. The molecule has 0 aliphatic carbocycles. The predicted molar refractivity (Wildman–Crippen MR) is 149 cm³/mol. The van der Waals surface area contributed by atoms with Crippen molar-refractivity contribution in [2.45, 2.75) is 36.9 Å². The number of rotatable bonds is 6. The minimum atomic E-state index is -4.59. The molecular weight excluding hydrogens is 569 g/mol. The molecule has 5 rings (SSSR count). The number of likely N-dealkylation sites (tertiary alicyclic amines) is 1. The van der Waals surface area contributed by atoms with Crippen molar-refractivity contribution in [2.24, 2.45) is 0 Å².